The van der Waals surface area contributed by atoms with E-state index in [1.807, 2.05) is 0 Å². The molecule has 0 unspecified atom stereocenters. The van der Waals surface area contributed by atoms with Crippen LogP contribution in [0.5, 0.6) is 0 Å². The van der Waals surface area contributed by atoms with Crippen molar-refractivity contribution in [1.82, 2.24) is 10.2 Å². The Bertz CT molecular complexity index is 535. The molecule has 1 aliphatic heterocycles. The van der Waals surface area contributed by atoms with Crippen molar-refractivity contribution >= 4 is 5.91 Å². The Labute approximate surface area is 139 Å². The second kappa shape index (κ2) is 6.62. The normalized spacial score (nSPS) is 28.3. The number of amides is 1. The molecule has 2 atom stereocenters. The molecule has 2 fully saturated rings. The Hall–Kier alpha value is -1.39. The number of primary amides is 1. The lowest BCUT2D eigenvalue weighted by Gasteiger charge is -2.54. The molecular formula is C19H29N3O. The number of piperidine rings is 1. The largest absolute Gasteiger partial charge is 0.369 e. The second-order valence-corrected chi connectivity index (χ2v) is 7.76. The average molecular weight is 315 g/mol. The number of nitrogens with one attached hydrogen (secondary N) is 1. The van der Waals surface area contributed by atoms with E-state index in [1.165, 1.54) is 12.0 Å². The fourth-order valence-corrected chi connectivity index (χ4v) is 4.22. The highest BCUT2D eigenvalue weighted by Crippen LogP contribution is 2.52. The van der Waals surface area contributed by atoms with Crippen LogP contribution < -0.4 is 11.1 Å². The summed E-state index contributed by atoms with van der Waals surface area (Å²) >= 11 is 0. The first-order valence-electron chi connectivity index (χ1n) is 8.78. The minimum Gasteiger partial charge on any atom is -0.369 e. The molecule has 1 heterocycles. The van der Waals surface area contributed by atoms with E-state index in [-0.39, 0.29) is 5.91 Å². The number of likely N-dealkylation sites (tertiary alicyclic amines) is 1. The molecule has 2 aliphatic rings. The van der Waals surface area contributed by atoms with Crippen LogP contribution in [0.3, 0.4) is 0 Å². The Balaban J connectivity index is 1.50. The van der Waals surface area contributed by atoms with Gasteiger partial charge in [-0.2, -0.15) is 0 Å². The molecule has 4 heteroatoms. The summed E-state index contributed by atoms with van der Waals surface area (Å²) in [6.07, 6.45) is 3.43. The van der Waals surface area contributed by atoms with Crippen LogP contribution >= 0.6 is 0 Å². The molecule has 0 aromatic heterocycles. The van der Waals surface area contributed by atoms with Crippen LogP contribution in [0.4, 0.5) is 0 Å². The molecule has 126 valence electrons. The van der Waals surface area contributed by atoms with Crippen molar-refractivity contribution in [2.75, 3.05) is 19.6 Å². The monoisotopic (exact) mass is 315 g/mol. The van der Waals surface area contributed by atoms with Gasteiger partial charge in [-0.15, -0.1) is 0 Å². The highest BCUT2D eigenvalue weighted by molar-refractivity contribution is 5.75. The van der Waals surface area contributed by atoms with E-state index in [0.717, 1.165) is 25.9 Å². The summed E-state index contributed by atoms with van der Waals surface area (Å²) in [5.74, 6) is 0.429. The zero-order valence-corrected chi connectivity index (χ0v) is 14.3. The molecule has 0 bridgehead atoms. The van der Waals surface area contributed by atoms with Crippen molar-refractivity contribution in [3.63, 3.8) is 0 Å². The number of benzene rings is 1. The lowest BCUT2D eigenvalue weighted by atomic mass is 9.56. The number of hydrogen-bond acceptors (Lipinski definition) is 3. The maximum atomic E-state index is 11.0. The quantitative estimate of drug-likeness (QED) is 0.875. The number of hydrogen-bond donors (Lipinski definition) is 2. The zero-order valence-electron chi connectivity index (χ0n) is 14.3. The van der Waals surface area contributed by atoms with Gasteiger partial charge in [-0.1, -0.05) is 44.2 Å². The van der Waals surface area contributed by atoms with Gasteiger partial charge in [0.05, 0.1) is 6.54 Å². The molecule has 1 amide bonds. The lowest BCUT2D eigenvalue weighted by molar-refractivity contribution is -0.119. The number of nitrogens with zero attached hydrogens (tertiary/aromatic N) is 1. The molecule has 0 radical (unpaired) electrons. The van der Waals surface area contributed by atoms with Gasteiger partial charge >= 0.3 is 0 Å². The van der Waals surface area contributed by atoms with Gasteiger partial charge in [-0.3, -0.25) is 9.69 Å². The van der Waals surface area contributed by atoms with Crippen LogP contribution in [-0.4, -0.2) is 42.5 Å². The van der Waals surface area contributed by atoms with Gasteiger partial charge in [0.15, 0.2) is 0 Å². The zero-order chi connectivity index (χ0) is 16.4. The molecule has 1 saturated carbocycles. The van der Waals surface area contributed by atoms with Gasteiger partial charge in [0.1, 0.15) is 0 Å². The Morgan fingerprint density at radius 2 is 1.91 bits per heavy atom. The Morgan fingerprint density at radius 1 is 1.26 bits per heavy atom. The first-order chi connectivity index (χ1) is 11.0. The molecular weight excluding hydrogens is 286 g/mol. The van der Waals surface area contributed by atoms with Crippen LogP contribution in [0.1, 0.15) is 44.6 Å². The molecule has 1 aromatic carbocycles. The van der Waals surface area contributed by atoms with Crippen molar-refractivity contribution in [3.05, 3.63) is 35.9 Å². The maximum Gasteiger partial charge on any atom is 0.231 e. The van der Waals surface area contributed by atoms with Crippen LogP contribution in [0, 0.1) is 5.41 Å². The standard InChI is InChI=1S/C19H29N3O/c1-19(2)16(14-6-4-3-5-7-14)12-17(19)21-15-8-10-22(11-9-15)13-18(20)23/h3-7,15-17,21H,8-13H2,1-2H3,(H2,20,23)/t16-,17+/m0/s1. The van der Waals surface area contributed by atoms with Crippen molar-refractivity contribution in [1.29, 1.82) is 0 Å². The molecule has 23 heavy (non-hydrogen) atoms. The highest BCUT2D eigenvalue weighted by Gasteiger charge is 2.49. The van der Waals surface area contributed by atoms with Crippen molar-refractivity contribution in [3.8, 4) is 0 Å². The lowest BCUT2D eigenvalue weighted by Crippen LogP contribution is -2.59. The van der Waals surface area contributed by atoms with Gasteiger partial charge in [0.25, 0.3) is 0 Å². The van der Waals surface area contributed by atoms with E-state index in [0.29, 0.717) is 30.0 Å². The molecule has 1 saturated heterocycles. The van der Waals surface area contributed by atoms with Crippen LogP contribution in [0.25, 0.3) is 0 Å². The molecule has 1 aliphatic carbocycles. The Morgan fingerprint density at radius 3 is 2.48 bits per heavy atom. The number of nitrogens with two attached hydrogens (primary N) is 1. The van der Waals surface area contributed by atoms with Crippen molar-refractivity contribution in [2.24, 2.45) is 11.1 Å². The molecule has 4 nitrogen and oxygen atoms in total. The number of rotatable bonds is 5. The van der Waals surface area contributed by atoms with Crippen LogP contribution in [0.2, 0.25) is 0 Å². The van der Waals surface area contributed by atoms with Crippen molar-refractivity contribution in [2.45, 2.75) is 51.1 Å². The first kappa shape index (κ1) is 16.5. The number of carbonyl (C=O) groups excluding carboxylic acids is 1. The predicted molar refractivity (Wildman–Crippen MR) is 93.2 cm³/mol. The van der Waals surface area contributed by atoms with Crippen LogP contribution in [-0.2, 0) is 4.79 Å². The third-order valence-electron chi connectivity index (χ3n) is 5.87. The van der Waals surface area contributed by atoms with Gasteiger partial charge in [0.2, 0.25) is 5.91 Å². The fraction of sp³-hybridized carbons (Fsp3) is 0.632. The van der Waals surface area contributed by atoms with Gasteiger partial charge < -0.3 is 11.1 Å². The SMILES string of the molecule is CC1(C)[C@H](NC2CCN(CC(N)=O)CC2)C[C@H]1c1ccccc1. The minimum atomic E-state index is -0.220. The summed E-state index contributed by atoms with van der Waals surface area (Å²) in [5, 5.41) is 3.88. The second-order valence-electron chi connectivity index (χ2n) is 7.76. The van der Waals surface area contributed by atoms with E-state index < -0.39 is 0 Å². The number of carbonyl (C=O) groups is 1. The summed E-state index contributed by atoms with van der Waals surface area (Å²) in [6, 6.07) is 12.0. The van der Waals surface area contributed by atoms with Gasteiger partial charge in [-0.05, 0) is 36.2 Å². The third kappa shape index (κ3) is 3.59. The summed E-state index contributed by atoms with van der Waals surface area (Å²) in [4.78, 5) is 13.2. The van der Waals surface area contributed by atoms with Crippen LogP contribution in [0.15, 0.2) is 30.3 Å². The average Bonchev–Trinajstić information content (AvgIpc) is 2.53. The predicted octanol–water partition coefficient (Wildman–Crippen LogP) is 2.11. The summed E-state index contributed by atoms with van der Waals surface area (Å²) in [5.41, 5.74) is 7.04. The maximum absolute atomic E-state index is 11.0. The van der Waals surface area contributed by atoms with E-state index in [4.69, 9.17) is 5.73 Å². The van der Waals surface area contributed by atoms with E-state index in [9.17, 15) is 4.79 Å². The summed E-state index contributed by atoms with van der Waals surface area (Å²) in [6.45, 7) is 7.10. The van der Waals surface area contributed by atoms with E-state index in [1.54, 1.807) is 0 Å². The summed E-state index contributed by atoms with van der Waals surface area (Å²) < 4.78 is 0. The first-order valence-corrected chi connectivity index (χ1v) is 8.78. The molecule has 3 rings (SSSR count). The minimum absolute atomic E-state index is 0.220. The molecule has 0 spiro atoms. The smallest absolute Gasteiger partial charge is 0.231 e. The summed E-state index contributed by atoms with van der Waals surface area (Å²) in [7, 11) is 0. The third-order valence-corrected chi connectivity index (χ3v) is 5.87. The van der Waals surface area contributed by atoms with Gasteiger partial charge in [-0.25, -0.2) is 0 Å². The van der Waals surface area contributed by atoms with Crippen molar-refractivity contribution < 1.29 is 4.79 Å². The fourth-order valence-electron chi connectivity index (χ4n) is 4.22. The Kier molecular flexibility index (Phi) is 4.74. The molecule has 3 N–H and O–H groups in total. The molecule has 1 aromatic rings. The topological polar surface area (TPSA) is 58.4 Å². The van der Waals surface area contributed by atoms with E-state index >= 15 is 0 Å². The van der Waals surface area contributed by atoms with E-state index in [2.05, 4.69) is 54.4 Å². The van der Waals surface area contributed by atoms with Gasteiger partial charge in [0, 0.05) is 25.2 Å². The highest BCUT2D eigenvalue weighted by atomic mass is 16.1.